The molecule has 3 aromatic rings. The molecule has 21 heavy (non-hydrogen) atoms. The van der Waals surface area contributed by atoms with Crippen molar-refractivity contribution in [2.75, 3.05) is 6.26 Å². The van der Waals surface area contributed by atoms with Gasteiger partial charge in [0.25, 0.3) is 5.56 Å². The third-order valence-corrected chi connectivity index (χ3v) is 3.73. The number of benzene rings is 2. The lowest BCUT2D eigenvalue weighted by atomic mass is 10.2. The minimum atomic E-state index is -0.801. The van der Waals surface area contributed by atoms with Crippen LogP contribution in [-0.2, 0) is 0 Å². The lowest BCUT2D eigenvalue weighted by Gasteiger charge is -2.13. The molecule has 0 amide bonds. The summed E-state index contributed by atoms with van der Waals surface area (Å²) >= 11 is 1.16. The molecule has 0 fully saturated rings. The Bertz CT molecular complexity index is 872. The van der Waals surface area contributed by atoms with E-state index in [0.29, 0.717) is 10.9 Å². The number of aromatic nitrogens is 2. The van der Waals surface area contributed by atoms with E-state index < -0.39 is 22.9 Å². The number of rotatable bonds is 2. The number of halogens is 2. The Morgan fingerprint density at radius 2 is 1.71 bits per heavy atom. The Morgan fingerprint density at radius 3 is 2.38 bits per heavy atom. The molecule has 0 saturated carbocycles. The van der Waals surface area contributed by atoms with Gasteiger partial charge >= 0.3 is 0 Å². The van der Waals surface area contributed by atoms with Crippen molar-refractivity contribution >= 4 is 22.7 Å². The molecule has 0 spiro atoms. The predicted octanol–water partition coefficient (Wildman–Crippen LogP) is 3.39. The molecule has 0 atom stereocenters. The minimum Gasteiger partial charge on any atom is -0.268 e. The summed E-state index contributed by atoms with van der Waals surface area (Å²) in [6.07, 6.45) is 1.70. The summed E-state index contributed by atoms with van der Waals surface area (Å²) in [7, 11) is 0. The molecule has 0 N–H and O–H groups in total. The van der Waals surface area contributed by atoms with Crippen molar-refractivity contribution < 1.29 is 8.78 Å². The van der Waals surface area contributed by atoms with Crippen LogP contribution in [0.4, 0.5) is 8.78 Å². The van der Waals surface area contributed by atoms with Crippen molar-refractivity contribution in [1.29, 1.82) is 0 Å². The van der Waals surface area contributed by atoms with Crippen molar-refractivity contribution in [3.63, 3.8) is 0 Å². The average Bonchev–Trinajstić information content (AvgIpc) is 2.49. The summed E-state index contributed by atoms with van der Waals surface area (Å²) in [4.78, 5) is 16.9. The van der Waals surface area contributed by atoms with Crippen LogP contribution in [0.2, 0.25) is 0 Å². The van der Waals surface area contributed by atoms with Crippen LogP contribution in [0, 0.1) is 11.6 Å². The Balaban J connectivity index is 2.47. The molecule has 106 valence electrons. The summed E-state index contributed by atoms with van der Waals surface area (Å²) in [6.45, 7) is 0. The first kappa shape index (κ1) is 13.8. The van der Waals surface area contributed by atoms with Crippen LogP contribution in [0.1, 0.15) is 0 Å². The van der Waals surface area contributed by atoms with Crippen LogP contribution in [0.15, 0.2) is 52.4 Å². The van der Waals surface area contributed by atoms with Gasteiger partial charge in [0, 0.05) is 0 Å². The molecule has 0 aliphatic rings. The van der Waals surface area contributed by atoms with Crippen molar-refractivity contribution in [3.05, 3.63) is 64.5 Å². The fourth-order valence-corrected chi connectivity index (χ4v) is 2.70. The standard InChI is InChI=1S/C15H10F2N2OS/c1-21-15-18-12-8-3-2-5-9(12)14(20)19(15)13-10(16)6-4-7-11(13)17/h2-8H,1H3. The van der Waals surface area contributed by atoms with Gasteiger partial charge in [-0.05, 0) is 30.5 Å². The van der Waals surface area contributed by atoms with Gasteiger partial charge < -0.3 is 0 Å². The third kappa shape index (κ3) is 2.21. The Morgan fingerprint density at radius 1 is 1.05 bits per heavy atom. The average molecular weight is 304 g/mol. The Hall–Kier alpha value is -2.21. The van der Waals surface area contributed by atoms with Crippen molar-refractivity contribution in [1.82, 2.24) is 9.55 Å². The van der Waals surface area contributed by atoms with Gasteiger partial charge in [0.05, 0.1) is 10.9 Å². The molecule has 6 heteroatoms. The van der Waals surface area contributed by atoms with E-state index in [9.17, 15) is 13.6 Å². The van der Waals surface area contributed by atoms with E-state index in [2.05, 4.69) is 4.98 Å². The first-order chi connectivity index (χ1) is 10.1. The smallest absolute Gasteiger partial charge is 0.266 e. The van der Waals surface area contributed by atoms with Crippen LogP contribution >= 0.6 is 11.8 Å². The highest BCUT2D eigenvalue weighted by atomic mass is 32.2. The molecule has 3 rings (SSSR count). The maximum Gasteiger partial charge on any atom is 0.266 e. The zero-order valence-electron chi connectivity index (χ0n) is 11.0. The topological polar surface area (TPSA) is 34.9 Å². The van der Waals surface area contributed by atoms with Gasteiger partial charge in [-0.25, -0.2) is 18.3 Å². The maximum absolute atomic E-state index is 14.0. The molecule has 0 saturated heterocycles. The number of hydrogen-bond donors (Lipinski definition) is 0. The summed E-state index contributed by atoms with van der Waals surface area (Å²) in [5, 5.41) is 0.556. The fraction of sp³-hybridized carbons (Fsp3) is 0.0667. The van der Waals surface area contributed by atoms with Gasteiger partial charge in [0.15, 0.2) is 5.16 Å². The molecular formula is C15H10F2N2OS. The highest BCUT2D eigenvalue weighted by molar-refractivity contribution is 7.98. The molecule has 0 aliphatic heterocycles. The zero-order valence-corrected chi connectivity index (χ0v) is 11.8. The molecule has 1 aromatic heterocycles. The van der Waals surface area contributed by atoms with Crippen LogP contribution in [0.5, 0.6) is 0 Å². The first-order valence-electron chi connectivity index (χ1n) is 6.13. The lowest BCUT2D eigenvalue weighted by molar-refractivity contribution is 0.557. The highest BCUT2D eigenvalue weighted by Gasteiger charge is 2.18. The van der Waals surface area contributed by atoms with E-state index in [1.807, 2.05) is 0 Å². The molecule has 2 aromatic carbocycles. The monoisotopic (exact) mass is 304 g/mol. The number of hydrogen-bond acceptors (Lipinski definition) is 3. The van der Waals surface area contributed by atoms with E-state index in [-0.39, 0.29) is 5.16 Å². The summed E-state index contributed by atoms with van der Waals surface area (Å²) in [6, 6.07) is 10.2. The van der Waals surface area contributed by atoms with Gasteiger partial charge in [-0.3, -0.25) is 4.79 Å². The normalized spacial score (nSPS) is 11.0. The second kappa shape index (κ2) is 5.29. The second-order valence-electron chi connectivity index (χ2n) is 4.33. The first-order valence-corrected chi connectivity index (χ1v) is 7.36. The van der Waals surface area contributed by atoms with Crippen molar-refractivity contribution in [3.8, 4) is 5.69 Å². The maximum atomic E-state index is 14.0. The number of fused-ring (bicyclic) bond motifs is 1. The van der Waals surface area contributed by atoms with Crippen LogP contribution in [0.3, 0.4) is 0 Å². The van der Waals surface area contributed by atoms with Crippen LogP contribution in [0.25, 0.3) is 16.6 Å². The Labute approximate surface area is 123 Å². The lowest BCUT2D eigenvalue weighted by Crippen LogP contribution is -2.23. The van der Waals surface area contributed by atoms with Crippen LogP contribution in [-0.4, -0.2) is 15.8 Å². The number of para-hydroxylation sites is 2. The van der Waals surface area contributed by atoms with Crippen LogP contribution < -0.4 is 5.56 Å². The summed E-state index contributed by atoms with van der Waals surface area (Å²) in [5.41, 5.74) is -0.390. The van der Waals surface area contributed by atoms with Crippen molar-refractivity contribution in [2.45, 2.75) is 5.16 Å². The van der Waals surface area contributed by atoms with Gasteiger partial charge in [0.1, 0.15) is 17.3 Å². The number of nitrogens with zero attached hydrogens (tertiary/aromatic N) is 2. The third-order valence-electron chi connectivity index (χ3n) is 3.09. The second-order valence-corrected chi connectivity index (χ2v) is 5.10. The minimum absolute atomic E-state index is 0.239. The zero-order chi connectivity index (χ0) is 15.0. The van der Waals surface area contributed by atoms with Gasteiger partial charge in [-0.1, -0.05) is 30.0 Å². The fourth-order valence-electron chi connectivity index (χ4n) is 2.15. The quantitative estimate of drug-likeness (QED) is 0.538. The summed E-state index contributed by atoms with van der Waals surface area (Å²) < 4.78 is 29.0. The molecule has 0 aliphatic carbocycles. The SMILES string of the molecule is CSc1nc2ccccc2c(=O)n1-c1c(F)cccc1F. The molecule has 0 unspecified atom stereocenters. The molecule has 3 nitrogen and oxygen atoms in total. The van der Waals surface area contributed by atoms with E-state index in [1.165, 1.54) is 6.07 Å². The molecule has 0 radical (unpaired) electrons. The molecule has 1 heterocycles. The van der Waals surface area contributed by atoms with E-state index >= 15 is 0 Å². The predicted molar refractivity (Wildman–Crippen MR) is 79.0 cm³/mol. The molecule has 0 bridgehead atoms. The highest BCUT2D eigenvalue weighted by Crippen LogP contribution is 2.23. The van der Waals surface area contributed by atoms with Gasteiger partial charge in [-0.2, -0.15) is 0 Å². The van der Waals surface area contributed by atoms with Crippen molar-refractivity contribution in [2.24, 2.45) is 0 Å². The van der Waals surface area contributed by atoms with E-state index in [1.54, 1.807) is 30.5 Å². The van der Waals surface area contributed by atoms with E-state index in [4.69, 9.17) is 0 Å². The van der Waals surface area contributed by atoms with Gasteiger partial charge in [0.2, 0.25) is 0 Å². The largest absolute Gasteiger partial charge is 0.268 e. The Kier molecular flexibility index (Phi) is 3.47. The van der Waals surface area contributed by atoms with E-state index in [0.717, 1.165) is 28.5 Å². The molecular weight excluding hydrogens is 294 g/mol. The summed E-state index contributed by atoms with van der Waals surface area (Å²) in [5.74, 6) is -1.60. The number of thioether (sulfide) groups is 1. The van der Waals surface area contributed by atoms with Gasteiger partial charge in [-0.15, -0.1) is 0 Å².